The van der Waals surface area contributed by atoms with Gasteiger partial charge in [-0.3, -0.25) is 0 Å². The summed E-state index contributed by atoms with van der Waals surface area (Å²) in [6.45, 7) is 6.98. The third-order valence-corrected chi connectivity index (χ3v) is 3.20. The lowest BCUT2D eigenvalue weighted by Crippen LogP contribution is -2.34. The van der Waals surface area contributed by atoms with E-state index in [4.69, 9.17) is 5.73 Å². The molecule has 0 atom stereocenters. The molecule has 4 heteroatoms. The lowest BCUT2D eigenvalue weighted by Gasteiger charge is -2.18. The molecule has 0 radical (unpaired) electrons. The van der Waals surface area contributed by atoms with Crippen molar-refractivity contribution in [1.82, 2.24) is 9.55 Å². The van der Waals surface area contributed by atoms with E-state index in [1.54, 1.807) is 0 Å². The summed E-state index contributed by atoms with van der Waals surface area (Å²) in [5.41, 5.74) is 9.13. The molecule has 0 aliphatic rings. The molecule has 0 saturated heterocycles. The van der Waals surface area contributed by atoms with Crippen LogP contribution in [0.15, 0.2) is 18.2 Å². The molecule has 0 spiro atoms. The predicted octanol–water partition coefficient (Wildman–Crippen LogP) is 2.42. The van der Waals surface area contributed by atoms with Crippen molar-refractivity contribution >= 4 is 16.7 Å². The number of nitrogens with one attached hydrogen (secondary N) is 1. The second kappa shape index (κ2) is 4.61. The van der Waals surface area contributed by atoms with Gasteiger partial charge in [-0.05, 0) is 45.4 Å². The number of aryl methyl sites for hydroxylation is 2. The van der Waals surface area contributed by atoms with Gasteiger partial charge in [-0.2, -0.15) is 0 Å². The van der Waals surface area contributed by atoms with E-state index >= 15 is 0 Å². The van der Waals surface area contributed by atoms with Crippen molar-refractivity contribution in [2.24, 2.45) is 12.8 Å². The highest BCUT2D eigenvalue weighted by molar-refractivity contribution is 5.80. The van der Waals surface area contributed by atoms with Gasteiger partial charge in [-0.25, -0.2) is 4.98 Å². The van der Waals surface area contributed by atoms with Gasteiger partial charge in [-0.15, -0.1) is 0 Å². The fourth-order valence-corrected chi connectivity index (χ4v) is 1.96. The lowest BCUT2D eigenvalue weighted by atomic mass is 10.0. The zero-order valence-corrected chi connectivity index (χ0v) is 11.6. The maximum absolute atomic E-state index is 5.96. The standard InChI is InChI=1S/C14H22N4/c1-10-17-12-9-11(5-6-13(12)18(10)4)16-8-7-14(2,3)15/h5-6,9,16H,7-8,15H2,1-4H3. The fraction of sp³-hybridized carbons (Fsp3) is 0.500. The molecule has 0 fully saturated rings. The molecule has 1 aromatic carbocycles. The van der Waals surface area contributed by atoms with Crippen LogP contribution in [-0.2, 0) is 7.05 Å². The summed E-state index contributed by atoms with van der Waals surface area (Å²) in [5, 5.41) is 3.39. The molecule has 2 rings (SSSR count). The normalized spacial score (nSPS) is 12.1. The van der Waals surface area contributed by atoms with Gasteiger partial charge in [0.1, 0.15) is 5.82 Å². The largest absolute Gasteiger partial charge is 0.385 e. The van der Waals surface area contributed by atoms with Crippen LogP contribution < -0.4 is 11.1 Å². The Hall–Kier alpha value is -1.55. The summed E-state index contributed by atoms with van der Waals surface area (Å²) in [6, 6.07) is 6.28. The van der Waals surface area contributed by atoms with Gasteiger partial charge in [-0.1, -0.05) is 0 Å². The number of hydrogen-bond acceptors (Lipinski definition) is 3. The number of rotatable bonds is 4. The molecule has 98 valence electrons. The van der Waals surface area contributed by atoms with Gasteiger partial charge in [0, 0.05) is 24.8 Å². The number of nitrogens with two attached hydrogens (primary N) is 1. The minimum absolute atomic E-state index is 0.126. The molecule has 0 aliphatic heterocycles. The fourth-order valence-electron chi connectivity index (χ4n) is 1.96. The van der Waals surface area contributed by atoms with Gasteiger partial charge in [0.2, 0.25) is 0 Å². The summed E-state index contributed by atoms with van der Waals surface area (Å²) in [4.78, 5) is 4.53. The average molecular weight is 246 g/mol. The highest BCUT2D eigenvalue weighted by Gasteiger charge is 2.10. The third kappa shape index (κ3) is 2.82. The van der Waals surface area contributed by atoms with Gasteiger partial charge in [0.05, 0.1) is 11.0 Å². The molecule has 0 saturated carbocycles. The Morgan fingerprint density at radius 1 is 1.39 bits per heavy atom. The van der Waals surface area contributed by atoms with Gasteiger partial charge >= 0.3 is 0 Å². The van der Waals surface area contributed by atoms with Crippen LogP contribution in [0.4, 0.5) is 5.69 Å². The number of benzene rings is 1. The first-order chi connectivity index (χ1) is 8.37. The van der Waals surface area contributed by atoms with E-state index in [0.717, 1.165) is 35.5 Å². The molecule has 18 heavy (non-hydrogen) atoms. The number of aromatic nitrogens is 2. The van der Waals surface area contributed by atoms with Gasteiger partial charge < -0.3 is 15.6 Å². The molecular formula is C14H22N4. The monoisotopic (exact) mass is 246 g/mol. The smallest absolute Gasteiger partial charge is 0.106 e. The van der Waals surface area contributed by atoms with Crippen LogP contribution in [0.1, 0.15) is 26.1 Å². The quantitative estimate of drug-likeness (QED) is 0.871. The van der Waals surface area contributed by atoms with Crippen LogP contribution >= 0.6 is 0 Å². The van der Waals surface area contributed by atoms with Crippen molar-refractivity contribution in [2.45, 2.75) is 32.7 Å². The van der Waals surface area contributed by atoms with Crippen LogP contribution in [0.5, 0.6) is 0 Å². The van der Waals surface area contributed by atoms with Crippen LogP contribution in [0.2, 0.25) is 0 Å². The first-order valence-corrected chi connectivity index (χ1v) is 6.33. The molecule has 3 N–H and O–H groups in total. The van der Waals surface area contributed by atoms with E-state index in [2.05, 4.69) is 33.1 Å². The summed E-state index contributed by atoms with van der Waals surface area (Å²) in [6.07, 6.45) is 0.937. The highest BCUT2D eigenvalue weighted by atomic mass is 15.0. The van der Waals surface area contributed by atoms with Crippen LogP contribution in [-0.4, -0.2) is 21.6 Å². The number of fused-ring (bicyclic) bond motifs is 1. The highest BCUT2D eigenvalue weighted by Crippen LogP contribution is 2.19. The minimum Gasteiger partial charge on any atom is -0.385 e. The molecule has 4 nitrogen and oxygen atoms in total. The number of nitrogens with zero attached hydrogens (tertiary/aromatic N) is 2. The van der Waals surface area contributed by atoms with E-state index in [0.29, 0.717) is 0 Å². The SMILES string of the molecule is Cc1nc2cc(NCCC(C)(C)N)ccc2n1C. The summed E-state index contributed by atoms with van der Waals surface area (Å²) >= 11 is 0. The molecule has 2 aromatic rings. The summed E-state index contributed by atoms with van der Waals surface area (Å²) in [5.74, 6) is 1.03. The summed E-state index contributed by atoms with van der Waals surface area (Å²) < 4.78 is 2.10. The predicted molar refractivity (Wildman–Crippen MR) is 76.8 cm³/mol. The number of anilines is 1. The summed E-state index contributed by atoms with van der Waals surface area (Å²) in [7, 11) is 2.04. The lowest BCUT2D eigenvalue weighted by molar-refractivity contribution is 0.491. The molecule has 0 aliphatic carbocycles. The Kier molecular flexibility index (Phi) is 3.30. The van der Waals surface area contributed by atoms with Crippen molar-refractivity contribution in [1.29, 1.82) is 0 Å². The second-order valence-corrected chi connectivity index (χ2v) is 5.59. The molecular weight excluding hydrogens is 224 g/mol. The number of imidazole rings is 1. The molecule has 0 bridgehead atoms. The van der Waals surface area contributed by atoms with Crippen molar-refractivity contribution in [3.8, 4) is 0 Å². The molecule has 0 unspecified atom stereocenters. The van der Waals surface area contributed by atoms with E-state index in [-0.39, 0.29) is 5.54 Å². The van der Waals surface area contributed by atoms with Gasteiger partial charge in [0.15, 0.2) is 0 Å². The Labute approximate surface area is 108 Å². The third-order valence-electron chi connectivity index (χ3n) is 3.20. The second-order valence-electron chi connectivity index (χ2n) is 5.59. The van der Waals surface area contributed by atoms with Crippen LogP contribution in [0.25, 0.3) is 11.0 Å². The van der Waals surface area contributed by atoms with E-state index in [1.165, 1.54) is 0 Å². The van der Waals surface area contributed by atoms with Crippen molar-refractivity contribution in [2.75, 3.05) is 11.9 Å². The van der Waals surface area contributed by atoms with E-state index in [9.17, 15) is 0 Å². The molecule has 0 amide bonds. The molecule has 1 heterocycles. The first-order valence-electron chi connectivity index (χ1n) is 6.33. The van der Waals surface area contributed by atoms with Crippen LogP contribution in [0.3, 0.4) is 0 Å². The maximum Gasteiger partial charge on any atom is 0.106 e. The van der Waals surface area contributed by atoms with Crippen molar-refractivity contribution < 1.29 is 0 Å². The van der Waals surface area contributed by atoms with Crippen molar-refractivity contribution in [3.63, 3.8) is 0 Å². The van der Waals surface area contributed by atoms with Crippen LogP contribution in [0, 0.1) is 6.92 Å². The Morgan fingerprint density at radius 2 is 2.11 bits per heavy atom. The Morgan fingerprint density at radius 3 is 2.78 bits per heavy atom. The van der Waals surface area contributed by atoms with E-state index < -0.39 is 0 Å². The topological polar surface area (TPSA) is 55.9 Å². The van der Waals surface area contributed by atoms with Gasteiger partial charge in [0.25, 0.3) is 0 Å². The Bertz CT molecular complexity index is 549. The zero-order chi connectivity index (χ0) is 13.3. The average Bonchev–Trinajstić information content (AvgIpc) is 2.53. The first kappa shape index (κ1) is 12.9. The maximum atomic E-state index is 5.96. The minimum atomic E-state index is -0.126. The molecule has 1 aromatic heterocycles. The number of hydrogen-bond donors (Lipinski definition) is 2. The van der Waals surface area contributed by atoms with E-state index in [1.807, 2.05) is 27.8 Å². The zero-order valence-electron chi connectivity index (χ0n) is 11.6. The van der Waals surface area contributed by atoms with Crippen molar-refractivity contribution in [3.05, 3.63) is 24.0 Å². The Balaban J connectivity index is 2.11.